The molecular formula is C20H30N2O3. The lowest BCUT2D eigenvalue weighted by Crippen LogP contribution is -2.52. The highest BCUT2D eigenvalue weighted by atomic mass is 16.6. The van der Waals surface area contributed by atoms with Crippen LogP contribution in [0.4, 0.5) is 4.79 Å². The molecule has 1 saturated heterocycles. The fraction of sp³-hybridized carbons (Fsp3) is 0.650. The zero-order valence-electron chi connectivity index (χ0n) is 15.6. The molecule has 0 bridgehead atoms. The van der Waals surface area contributed by atoms with Crippen molar-refractivity contribution in [3.05, 3.63) is 35.4 Å². The summed E-state index contributed by atoms with van der Waals surface area (Å²) in [5.74, 6) is 0. The minimum atomic E-state index is -0.468. The number of ether oxygens (including phenoxy) is 1. The highest BCUT2D eigenvalue weighted by Crippen LogP contribution is 2.34. The van der Waals surface area contributed by atoms with E-state index in [0.717, 1.165) is 32.4 Å². The zero-order valence-corrected chi connectivity index (χ0v) is 15.6. The Balaban J connectivity index is 1.69. The second-order valence-corrected chi connectivity index (χ2v) is 8.11. The van der Waals surface area contributed by atoms with Gasteiger partial charge in [-0.05, 0) is 51.2 Å². The van der Waals surface area contributed by atoms with Gasteiger partial charge in [-0.15, -0.1) is 0 Å². The molecule has 1 aromatic rings. The maximum absolute atomic E-state index is 12.3. The summed E-state index contributed by atoms with van der Waals surface area (Å²) in [5, 5.41) is 10.7. The fourth-order valence-corrected chi connectivity index (χ4v) is 3.87. The predicted molar refractivity (Wildman–Crippen MR) is 97.5 cm³/mol. The van der Waals surface area contributed by atoms with Crippen molar-refractivity contribution in [2.75, 3.05) is 26.2 Å². The number of aryl methyl sites for hydroxylation is 1. The van der Waals surface area contributed by atoms with Gasteiger partial charge in [-0.2, -0.15) is 0 Å². The Hall–Kier alpha value is -1.59. The molecule has 2 aliphatic rings. The van der Waals surface area contributed by atoms with Crippen molar-refractivity contribution >= 4 is 6.09 Å². The van der Waals surface area contributed by atoms with Gasteiger partial charge in [-0.1, -0.05) is 24.3 Å². The van der Waals surface area contributed by atoms with Gasteiger partial charge in [-0.25, -0.2) is 4.79 Å². The lowest BCUT2D eigenvalue weighted by atomic mass is 9.95. The van der Waals surface area contributed by atoms with Crippen molar-refractivity contribution < 1.29 is 14.6 Å². The molecule has 138 valence electrons. The molecule has 1 aliphatic carbocycles. The quantitative estimate of drug-likeness (QED) is 0.795. The first-order valence-electron chi connectivity index (χ1n) is 9.33. The van der Waals surface area contributed by atoms with E-state index in [1.165, 1.54) is 11.1 Å². The van der Waals surface area contributed by atoms with Gasteiger partial charge in [0.05, 0.1) is 12.1 Å². The van der Waals surface area contributed by atoms with Crippen molar-refractivity contribution in [2.24, 2.45) is 0 Å². The third kappa shape index (κ3) is 4.33. The average Bonchev–Trinajstić information content (AvgIpc) is 2.71. The normalized spacial score (nSPS) is 25.2. The number of aliphatic hydroxyl groups is 1. The second-order valence-electron chi connectivity index (χ2n) is 8.11. The molecule has 0 saturated carbocycles. The maximum atomic E-state index is 12.3. The molecule has 0 radical (unpaired) electrons. The molecular weight excluding hydrogens is 316 g/mol. The summed E-state index contributed by atoms with van der Waals surface area (Å²) >= 11 is 0. The van der Waals surface area contributed by atoms with E-state index in [1.807, 2.05) is 20.8 Å². The summed E-state index contributed by atoms with van der Waals surface area (Å²) in [5.41, 5.74) is 2.13. The highest BCUT2D eigenvalue weighted by Gasteiger charge is 2.34. The van der Waals surface area contributed by atoms with Crippen molar-refractivity contribution in [1.82, 2.24) is 9.80 Å². The Morgan fingerprint density at radius 1 is 1.16 bits per heavy atom. The molecule has 5 heteroatoms. The second kappa shape index (κ2) is 7.34. The highest BCUT2D eigenvalue weighted by molar-refractivity contribution is 5.68. The SMILES string of the molecule is CC(C)(C)OC(=O)N1CCN(C2c3ccccc3CCCC2O)CC1. The number of rotatable bonds is 1. The Kier molecular flexibility index (Phi) is 5.35. The first-order valence-corrected chi connectivity index (χ1v) is 9.33. The maximum Gasteiger partial charge on any atom is 0.410 e. The van der Waals surface area contributed by atoms with Gasteiger partial charge >= 0.3 is 6.09 Å². The van der Waals surface area contributed by atoms with E-state index in [2.05, 4.69) is 29.2 Å². The van der Waals surface area contributed by atoms with Crippen LogP contribution < -0.4 is 0 Å². The Labute approximate surface area is 150 Å². The molecule has 2 unspecified atom stereocenters. The predicted octanol–water partition coefficient (Wildman–Crippen LogP) is 2.98. The van der Waals surface area contributed by atoms with E-state index in [9.17, 15) is 9.90 Å². The van der Waals surface area contributed by atoms with Crippen LogP contribution in [0.1, 0.15) is 50.8 Å². The van der Waals surface area contributed by atoms with Gasteiger partial charge in [0.25, 0.3) is 0 Å². The Morgan fingerprint density at radius 2 is 1.84 bits per heavy atom. The fourth-order valence-electron chi connectivity index (χ4n) is 3.87. The summed E-state index contributed by atoms with van der Waals surface area (Å²) in [6, 6.07) is 8.49. The third-order valence-corrected chi connectivity index (χ3v) is 5.04. The van der Waals surface area contributed by atoms with Crippen LogP contribution >= 0.6 is 0 Å². The standard InChI is InChI=1S/C20H30N2O3/c1-20(2,3)25-19(24)22-13-11-21(12-14-22)18-16-9-5-4-7-15(16)8-6-10-17(18)23/h4-5,7,9,17-18,23H,6,8,10-14H2,1-3H3. The summed E-state index contributed by atoms with van der Waals surface area (Å²) in [7, 11) is 0. The lowest BCUT2D eigenvalue weighted by Gasteiger charge is -2.41. The van der Waals surface area contributed by atoms with Crippen LogP contribution in [0.2, 0.25) is 0 Å². The molecule has 2 atom stereocenters. The smallest absolute Gasteiger partial charge is 0.410 e. The van der Waals surface area contributed by atoms with Gasteiger partial charge in [0, 0.05) is 26.2 Å². The number of aliphatic hydroxyl groups excluding tert-OH is 1. The van der Waals surface area contributed by atoms with E-state index in [1.54, 1.807) is 4.90 Å². The van der Waals surface area contributed by atoms with Crippen LogP contribution in [0, 0.1) is 0 Å². The average molecular weight is 346 g/mol. The van der Waals surface area contributed by atoms with Crippen molar-refractivity contribution in [3.63, 3.8) is 0 Å². The van der Waals surface area contributed by atoms with E-state index < -0.39 is 5.60 Å². The molecule has 0 aromatic heterocycles. The summed E-state index contributed by atoms with van der Waals surface area (Å²) in [4.78, 5) is 16.4. The van der Waals surface area contributed by atoms with Crippen LogP contribution in [0.3, 0.4) is 0 Å². The monoisotopic (exact) mass is 346 g/mol. The van der Waals surface area contributed by atoms with E-state index >= 15 is 0 Å². The zero-order chi connectivity index (χ0) is 18.0. The first-order chi connectivity index (χ1) is 11.8. The van der Waals surface area contributed by atoms with Crippen LogP contribution in [-0.2, 0) is 11.2 Å². The van der Waals surface area contributed by atoms with Gasteiger partial charge in [0.2, 0.25) is 0 Å². The molecule has 1 fully saturated rings. The van der Waals surface area contributed by atoms with Gasteiger partial charge in [-0.3, -0.25) is 4.90 Å². The number of carbonyl (C=O) groups is 1. The minimum Gasteiger partial charge on any atom is -0.444 e. The number of hydrogen-bond acceptors (Lipinski definition) is 4. The van der Waals surface area contributed by atoms with Crippen LogP contribution in [0.5, 0.6) is 0 Å². The van der Waals surface area contributed by atoms with Crippen LogP contribution in [-0.4, -0.2) is 58.9 Å². The molecule has 5 nitrogen and oxygen atoms in total. The molecule has 0 spiro atoms. The Morgan fingerprint density at radius 3 is 2.52 bits per heavy atom. The number of amides is 1. The van der Waals surface area contributed by atoms with Gasteiger partial charge in [0.15, 0.2) is 0 Å². The van der Waals surface area contributed by atoms with Crippen LogP contribution in [0.25, 0.3) is 0 Å². The number of piperazine rings is 1. The topological polar surface area (TPSA) is 53.0 Å². The number of benzene rings is 1. The summed E-state index contributed by atoms with van der Waals surface area (Å²) < 4.78 is 5.47. The summed E-state index contributed by atoms with van der Waals surface area (Å²) in [6.07, 6.45) is 2.28. The van der Waals surface area contributed by atoms with Crippen molar-refractivity contribution in [3.8, 4) is 0 Å². The Bertz CT molecular complexity index is 603. The van der Waals surface area contributed by atoms with Gasteiger partial charge < -0.3 is 14.7 Å². The van der Waals surface area contributed by atoms with E-state index in [0.29, 0.717) is 13.1 Å². The molecule has 1 aromatic carbocycles. The lowest BCUT2D eigenvalue weighted by molar-refractivity contribution is -0.00652. The minimum absolute atomic E-state index is 0.0273. The number of carbonyl (C=O) groups excluding carboxylic acids is 1. The number of fused-ring (bicyclic) bond motifs is 1. The molecule has 25 heavy (non-hydrogen) atoms. The van der Waals surface area contributed by atoms with Gasteiger partial charge in [0.1, 0.15) is 5.60 Å². The number of nitrogens with zero attached hydrogens (tertiary/aromatic N) is 2. The third-order valence-electron chi connectivity index (χ3n) is 5.04. The van der Waals surface area contributed by atoms with E-state index in [4.69, 9.17) is 4.74 Å². The molecule has 1 N–H and O–H groups in total. The summed E-state index contributed by atoms with van der Waals surface area (Å²) in [6.45, 7) is 8.46. The van der Waals surface area contributed by atoms with Crippen LogP contribution in [0.15, 0.2) is 24.3 Å². The van der Waals surface area contributed by atoms with Crippen molar-refractivity contribution in [1.29, 1.82) is 0 Å². The first kappa shape index (κ1) is 18.2. The number of hydrogen-bond donors (Lipinski definition) is 1. The molecule has 1 amide bonds. The molecule has 1 aliphatic heterocycles. The van der Waals surface area contributed by atoms with Crippen molar-refractivity contribution in [2.45, 2.75) is 57.8 Å². The van der Waals surface area contributed by atoms with E-state index in [-0.39, 0.29) is 18.2 Å². The largest absolute Gasteiger partial charge is 0.444 e. The molecule has 3 rings (SSSR count). The molecule has 1 heterocycles.